The van der Waals surface area contributed by atoms with Gasteiger partial charge in [0.1, 0.15) is 5.82 Å². The van der Waals surface area contributed by atoms with Crippen LogP contribution in [-0.2, 0) is 0 Å². The van der Waals surface area contributed by atoms with Crippen LogP contribution >= 0.6 is 0 Å². The van der Waals surface area contributed by atoms with E-state index in [0.717, 1.165) is 23.8 Å². The number of anilines is 1. The predicted molar refractivity (Wildman–Crippen MR) is 74.7 cm³/mol. The first-order valence-electron chi connectivity index (χ1n) is 7.02. The fourth-order valence-electron chi connectivity index (χ4n) is 2.72. The third-order valence-electron chi connectivity index (χ3n) is 3.90. The average Bonchev–Trinajstić information content (AvgIpc) is 2.40. The zero-order chi connectivity index (χ0) is 13.0. The van der Waals surface area contributed by atoms with Gasteiger partial charge in [0.05, 0.1) is 6.10 Å². The van der Waals surface area contributed by atoms with Gasteiger partial charge in [0.15, 0.2) is 0 Å². The van der Waals surface area contributed by atoms with Crippen LogP contribution in [0.4, 0.5) is 5.82 Å². The lowest BCUT2D eigenvalue weighted by molar-refractivity contribution is 0.199. The van der Waals surface area contributed by atoms with Gasteiger partial charge in [0.25, 0.3) is 0 Å². The van der Waals surface area contributed by atoms with Crippen LogP contribution in [0.3, 0.4) is 0 Å². The first kappa shape index (κ1) is 13.3. The van der Waals surface area contributed by atoms with Gasteiger partial charge in [-0.3, -0.25) is 0 Å². The summed E-state index contributed by atoms with van der Waals surface area (Å²) in [5, 5.41) is 9.46. The Morgan fingerprint density at radius 2 is 2.06 bits per heavy atom. The Balaban J connectivity index is 1.93. The maximum Gasteiger partial charge on any atom is 0.128 e. The average molecular weight is 248 g/mol. The van der Waals surface area contributed by atoms with Crippen molar-refractivity contribution in [2.45, 2.75) is 45.1 Å². The Bertz CT molecular complexity index is 355. The second kappa shape index (κ2) is 6.19. The molecule has 1 aromatic rings. The largest absolute Gasteiger partial charge is 0.389 e. The predicted octanol–water partition coefficient (Wildman–Crippen LogP) is 3.15. The molecule has 1 aromatic heterocycles. The SMILES string of the molecule is C[C@H](O)c1ccc(N(C)CC2CCCCC2)nc1. The highest BCUT2D eigenvalue weighted by molar-refractivity contribution is 5.38. The molecule has 1 fully saturated rings. The number of hydrogen-bond donors (Lipinski definition) is 1. The zero-order valence-corrected chi connectivity index (χ0v) is 11.5. The molecule has 18 heavy (non-hydrogen) atoms. The van der Waals surface area contributed by atoms with E-state index in [0.29, 0.717) is 0 Å². The van der Waals surface area contributed by atoms with Crippen LogP contribution in [0.5, 0.6) is 0 Å². The van der Waals surface area contributed by atoms with Gasteiger partial charge in [-0.2, -0.15) is 0 Å². The molecule has 3 nitrogen and oxygen atoms in total. The Hall–Kier alpha value is -1.09. The summed E-state index contributed by atoms with van der Waals surface area (Å²) in [4.78, 5) is 6.67. The van der Waals surface area contributed by atoms with E-state index in [4.69, 9.17) is 0 Å². The van der Waals surface area contributed by atoms with E-state index in [1.54, 1.807) is 13.1 Å². The van der Waals surface area contributed by atoms with Crippen LogP contribution < -0.4 is 4.90 Å². The third kappa shape index (κ3) is 3.45. The monoisotopic (exact) mass is 248 g/mol. The molecule has 2 rings (SSSR count). The molecule has 3 heteroatoms. The Labute approximate surface area is 110 Å². The van der Waals surface area contributed by atoms with Crippen LogP contribution in [-0.4, -0.2) is 23.7 Å². The summed E-state index contributed by atoms with van der Waals surface area (Å²) in [6, 6.07) is 3.97. The molecule has 1 atom stereocenters. The molecular weight excluding hydrogens is 224 g/mol. The number of pyridine rings is 1. The summed E-state index contributed by atoms with van der Waals surface area (Å²) in [6.45, 7) is 2.86. The Kier molecular flexibility index (Phi) is 4.59. The Morgan fingerprint density at radius 3 is 2.61 bits per heavy atom. The number of rotatable bonds is 4. The van der Waals surface area contributed by atoms with Crippen LogP contribution in [0.25, 0.3) is 0 Å². The summed E-state index contributed by atoms with van der Waals surface area (Å²) in [6.07, 6.45) is 8.22. The van der Waals surface area contributed by atoms with E-state index < -0.39 is 6.10 Å². The van der Waals surface area contributed by atoms with Gasteiger partial charge in [0, 0.05) is 19.8 Å². The first-order chi connectivity index (χ1) is 8.66. The van der Waals surface area contributed by atoms with Crippen molar-refractivity contribution in [2.24, 2.45) is 5.92 Å². The van der Waals surface area contributed by atoms with Gasteiger partial charge in [-0.1, -0.05) is 25.3 Å². The Morgan fingerprint density at radius 1 is 1.33 bits per heavy atom. The second-order valence-electron chi connectivity index (χ2n) is 5.51. The van der Waals surface area contributed by atoms with Crippen molar-refractivity contribution in [3.05, 3.63) is 23.9 Å². The highest BCUT2D eigenvalue weighted by Gasteiger charge is 2.16. The molecule has 0 aliphatic heterocycles. The molecule has 100 valence electrons. The van der Waals surface area contributed by atoms with Gasteiger partial charge in [-0.25, -0.2) is 4.98 Å². The standard InChI is InChI=1S/C15H24N2O/c1-12(18)14-8-9-15(16-10-14)17(2)11-13-6-4-3-5-7-13/h8-10,12-13,18H,3-7,11H2,1-2H3/t12-/m0/s1. The van der Waals surface area contributed by atoms with Crippen LogP contribution in [0.15, 0.2) is 18.3 Å². The molecular formula is C15H24N2O. The zero-order valence-electron chi connectivity index (χ0n) is 11.5. The summed E-state index contributed by atoms with van der Waals surface area (Å²) < 4.78 is 0. The molecule has 0 radical (unpaired) electrons. The second-order valence-corrected chi connectivity index (χ2v) is 5.51. The van der Waals surface area contributed by atoms with Gasteiger partial charge in [-0.15, -0.1) is 0 Å². The molecule has 1 saturated carbocycles. The first-order valence-corrected chi connectivity index (χ1v) is 7.02. The minimum Gasteiger partial charge on any atom is -0.389 e. The fraction of sp³-hybridized carbons (Fsp3) is 0.667. The highest BCUT2D eigenvalue weighted by atomic mass is 16.3. The van der Waals surface area contributed by atoms with E-state index in [9.17, 15) is 5.11 Å². The number of aliphatic hydroxyl groups excluding tert-OH is 1. The maximum absolute atomic E-state index is 9.46. The van der Waals surface area contributed by atoms with Crippen molar-refractivity contribution in [1.29, 1.82) is 0 Å². The van der Waals surface area contributed by atoms with Crippen LogP contribution in [0.1, 0.15) is 50.7 Å². The molecule has 0 unspecified atom stereocenters. The van der Waals surface area contributed by atoms with E-state index in [1.165, 1.54) is 32.1 Å². The van der Waals surface area contributed by atoms with Crippen molar-refractivity contribution in [3.8, 4) is 0 Å². The van der Waals surface area contributed by atoms with Crippen molar-refractivity contribution in [3.63, 3.8) is 0 Å². The number of hydrogen-bond acceptors (Lipinski definition) is 3. The molecule has 0 bridgehead atoms. The van der Waals surface area contributed by atoms with E-state index in [2.05, 4.69) is 16.9 Å². The number of aliphatic hydroxyl groups is 1. The van der Waals surface area contributed by atoms with Crippen molar-refractivity contribution < 1.29 is 5.11 Å². The quantitative estimate of drug-likeness (QED) is 0.889. The smallest absolute Gasteiger partial charge is 0.128 e. The minimum absolute atomic E-state index is 0.435. The summed E-state index contributed by atoms with van der Waals surface area (Å²) in [5.74, 6) is 1.83. The molecule has 1 heterocycles. The minimum atomic E-state index is -0.435. The van der Waals surface area contributed by atoms with Gasteiger partial charge >= 0.3 is 0 Å². The molecule has 0 saturated heterocycles. The summed E-state index contributed by atoms with van der Waals surface area (Å²) in [7, 11) is 2.11. The lowest BCUT2D eigenvalue weighted by atomic mass is 9.89. The molecule has 0 amide bonds. The van der Waals surface area contributed by atoms with Gasteiger partial charge in [0.2, 0.25) is 0 Å². The van der Waals surface area contributed by atoms with Crippen LogP contribution in [0.2, 0.25) is 0 Å². The molecule has 0 spiro atoms. The third-order valence-corrected chi connectivity index (χ3v) is 3.90. The lowest BCUT2D eigenvalue weighted by Crippen LogP contribution is -2.27. The van der Waals surface area contributed by atoms with Crippen LogP contribution in [0, 0.1) is 5.92 Å². The van der Waals surface area contributed by atoms with E-state index >= 15 is 0 Å². The maximum atomic E-state index is 9.46. The number of nitrogens with zero attached hydrogens (tertiary/aromatic N) is 2. The molecule has 1 aliphatic rings. The van der Waals surface area contributed by atoms with Gasteiger partial charge in [-0.05, 0) is 37.3 Å². The summed E-state index contributed by atoms with van der Waals surface area (Å²) >= 11 is 0. The molecule has 1 N–H and O–H groups in total. The van der Waals surface area contributed by atoms with Gasteiger partial charge < -0.3 is 10.0 Å². The topological polar surface area (TPSA) is 36.4 Å². The molecule has 0 aromatic carbocycles. The molecule has 1 aliphatic carbocycles. The van der Waals surface area contributed by atoms with Crippen molar-refractivity contribution >= 4 is 5.82 Å². The fourth-order valence-corrected chi connectivity index (χ4v) is 2.72. The number of aromatic nitrogens is 1. The normalized spacial score (nSPS) is 18.6. The van der Waals surface area contributed by atoms with E-state index in [-0.39, 0.29) is 0 Å². The van der Waals surface area contributed by atoms with Crippen molar-refractivity contribution in [2.75, 3.05) is 18.5 Å². The lowest BCUT2D eigenvalue weighted by Gasteiger charge is -2.27. The van der Waals surface area contributed by atoms with Crippen molar-refractivity contribution in [1.82, 2.24) is 4.98 Å². The van der Waals surface area contributed by atoms with E-state index in [1.807, 2.05) is 12.1 Å². The summed E-state index contributed by atoms with van der Waals surface area (Å²) in [5.41, 5.74) is 0.879. The highest BCUT2D eigenvalue weighted by Crippen LogP contribution is 2.25.